The van der Waals surface area contributed by atoms with Crippen LogP contribution in [0.4, 0.5) is 0 Å². The van der Waals surface area contributed by atoms with Gasteiger partial charge in [-0.15, -0.1) is 0 Å². The Morgan fingerprint density at radius 3 is 1.87 bits per heavy atom. The van der Waals surface area contributed by atoms with E-state index in [9.17, 15) is 15.3 Å². The molecule has 0 unspecified atom stereocenters. The second-order valence-corrected chi connectivity index (χ2v) is 4.20. The van der Waals surface area contributed by atoms with Crippen LogP contribution in [-0.2, 0) is 0 Å². The van der Waals surface area contributed by atoms with Crippen molar-refractivity contribution in [3.05, 3.63) is 0 Å². The van der Waals surface area contributed by atoms with Crippen LogP contribution in [-0.4, -0.2) is 61.4 Å². The lowest BCUT2D eigenvalue weighted by Gasteiger charge is -2.27. The Labute approximate surface area is 94.0 Å². The highest BCUT2D eigenvalue weighted by Gasteiger charge is 2.32. The molecule has 0 fully saturated rings. The van der Waals surface area contributed by atoms with Gasteiger partial charge in [0.1, 0.15) is 24.4 Å². The molecule has 0 aromatic heterocycles. The first-order chi connectivity index (χ1) is 6.82. The van der Waals surface area contributed by atoms with E-state index in [-0.39, 0.29) is 10.8 Å². The summed E-state index contributed by atoms with van der Waals surface area (Å²) in [6, 6.07) is 0. The van der Waals surface area contributed by atoms with Crippen LogP contribution < -0.4 is 0 Å². The molecule has 0 spiro atoms. The summed E-state index contributed by atoms with van der Waals surface area (Å²) in [5, 5.41) is 45.9. The van der Waals surface area contributed by atoms with Gasteiger partial charge in [0.05, 0.1) is 6.61 Å². The van der Waals surface area contributed by atoms with E-state index in [0.717, 1.165) is 0 Å². The standard InChI is InChI=1S/C9H18O5S/c1-4(2)9(15)8(14)7(13)6(12)5(11)3-10/h4-8,10-14H,3H2,1-2H3/t5-,6-,7+,8-/m1/s1. The molecule has 0 aromatic carbocycles. The molecule has 0 aliphatic heterocycles. The molecule has 0 bridgehead atoms. The minimum absolute atomic E-state index is 0.122. The fraction of sp³-hybridized carbons (Fsp3) is 0.889. The van der Waals surface area contributed by atoms with Gasteiger partial charge in [0.2, 0.25) is 0 Å². The first kappa shape index (κ1) is 14.9. The van der Waals surface area contributed by atoms with Crippen LogP contribution in [0.2, 0.25) is 0 Å². The lowest BCUT2D eigenvalue weighted by Crippen LogP contribution is -2.49. The summed E-state index contributed by atoms with van der Waals surface area (Å²) in [7, 11) is 0. The Kier molecular flexibility index (Phi) is 6.42. The van der Waals surface area contributed by atoms with Crippen molar-refractivity contribution in [2.24, 2.45) is 5.92 Å². The molecule has 15 heavy (non-hydrogen) atoms. The highest BCUT2D eigenvalue weighted by molar-refractivity contribution is 7.80. The maximum absolute atomic E-state index is 9.53. The molecule has 0 radical (unpaired) electrons. The highest BCUT2D eigenvalue weighted by atomic mass is 32.1. The number of thiocarbonyl (C=S) groups is 1. The summed E-state index contributed by atoms with van der Waals surface area (Å²) in [5.74, 6) is -0.122. The highest BCUT2D eigenvalue weighted by Crippen LogP contribution is 2.11. The maximum atomic E-state index is 9.53. The third kappa shape index (κ3) is 4.10. The van der Waals surface area contributed by atoms with Crippen molar-refractivity contribution in [1.29, 1.82) is 0 Å². The summed E-state index contributed by atoms with van der Waals surface area (Å²) in [4.78, 5) is 0.201. The third-order valence-corrected chi connectivity index (χ3v) is 2.83. The molecule has 0 saturated carbocycles. The molecule has 6 heteroatoms. The van der Waals surface area contributed by atoms with Gasteiger partial charge in [-0.3, -0.25) is 0 Å². The van der Waals surface area contributed by atoms with Crippen LogP contribution in [0.15, 0.2) is 0 Å². The van der Waals surface area contributed by atoms with E-state index in [2.05, 4.69) is 0 Å². The predicted octanol–water partition coefficient (Wildman–Crippen LogP) is -1.55. The van der Waals surface area contributed by atoms with Crippen molar-refractivity contribution < 1.29 is 25.5 Å². The smallest absolute Gasteiger partial charge is 0.114 e. The van der Waals surface area contributed by atoms with Crippen LogP contribution in [0.3, 0.4) is 0 Å². The van der Waals surface area contributed by atoms with Gasteiger partial charge < -0.3 is 25.5 Å². The number of aliphatic hydroxyl groups excluding tert-OH is 5. The maximum Gasteiger partial charge on any atom is 0.114 e. The predicted molar refractivity (Wildman–Crippen MR) is 58.5 cm³/mol. The van der Waals surface area contributed by atoms with Gasteiger partial charge in [0, 0.05) is 4.86 Å². The number of hydrogen-bond donors (Lipinski definition) is 5. The molecular weight excluding hydrogens is 220 g/mol. The van der Waals surface area contributed by atoms with E-state index in [0.29, 0.717) is 0 Å². The average Bonchev–Trinajstić information content (AvgIpc) is 2.23. The first-order valence-electron chi connectivity index (χ1n) is 4.69. The summed E-state index contributed by atoms with van der Waals surface area (Å²) in [5.41, 5.74) is 0. The molecular formula is C9H18O5S. The van der Waals surface area contributed by atoms with Gasteiger partial charge in [0.15, 0.2) is 0 Å². The molecule has 0 amide bonds. The van der Waals surface area contributed by atoms with Gasteiger partial charge in [-0.25, -0.2) is 0 Å². The monoisotopic (exact) mass is 238 g/mol. The minimum atomic E-state index is -1.62. The van der Waals surface area contributed by atoms with Crippen molar-refractivity contribution in [2.45, 2.75) is 38.3 Å². The molecule has 0 saturated heterocycles. The van der Waals surface area contributed by atoms with Crippen LogP contribution in [0.25, 0.3) is 0 Å². The Hall–Kier alpha value is -0.110. The summed E-state index contributed by atoms with van der Waals surface area (Å²) in [6.07, 6.45) is -6.11. The van der Waals surface area contributed by atoms with E-state index in [1.807, 2.05) is 0 Å². The largest absolute Gasteiger partial charge is 0.394 e. The average molecular weight is 238 g/mol. The normalized spacial score (nSPS) is 19.7. The number of rotatable bonds is 6. The van der Waals surface area contributed by atoms with Crippen LogP contribution in [0, 0.1) is 5.92 Å². The Morgan fingerprint density at radius 1 is 1.07 bits per heavy atom. The Morgan fingerprint density at radius 2 is 1.53 bits per heavy atom. The zero-order chi connectivity index (χ0) is 12.2. The van der Waals surface area contributed by atoms with E-state index < -0.39 is 31.0 Å². The molecule has 0 aliphatic rings. The zero-order valence-corrected chi connectivity index (χ0v) is 9.55. The van der Waals surface area contributed by atoms with E-state index in [1.165, 1.54) is 0 Å². The number of aliphatic hydroxyl groups is 5. The zero-order valence-electron chi connectivity index (χ0n) is 8.74. The lowest BCUT2D eigenvalue weighted by atomic mass is 9.96. The quantitative estimate of drug-likeness (QED) is 0.359. The molecule has 4 atom stereocenters. The van der Waals surface area contributed by atoms with Crippen molar-refractivity contribution in [2.75, 3.05) is 6.61 Å². The van der Waals surface area contributed by atoms with Crippen LogP contribution >= 0.6 is 12.2 Å². The van der Waals surface area contributed by atoms with Crippen molar-refractivity contribution in [3.63, 3.8) is 0 Å². The number of hydrogen-bond acceptors (Lipinski definition) is 6. The lowest BCUT2D eigenvalue weighted by molar-refractivity contribution is -0.101. The summed E-state index contributed by atoms with van der Waals surface area (Å²) in [6.45, 7) is 2.79. The van der Waals surface area contributed by atoms with E-state index in [1.54, 1.807) is 13.8 Å². The Bertz CT molecular complexity index is 209. The van der Waals surface area contributed by atoms with Crippen LogP contribution in [0.1, 0.15) is 13.8 Å². The van der Waals surface area contributed by atoms with Crippen molar-refractivity contribution in [1.82, 2.24) is 0 Å². The third-order valence-electron chi connectivity index (χ3n) is 2.12. The second-order valence-electron chi connectivity index (χ2n) is 3.73. The second kappa shape index (κ2) is 6.47. The van der Waals surface area contributed by atoms with Gasteiger partial charge in [-0.1, -0.05) is 26.1 Å². The van der Waals surface area contributed by atoms with Gasteiger partial charge in [-0.2, -0.15) is 0 Å². The molecule has 5 nitrogen and oxygen atoms in total. The van der Waals surface area contributed by atoms with E-state index in [4.69, 9.17) is 22.4 Å². The summed E-state index contributed by atoms with van der Waals surface area (Å²) >= 11 is 4.85. The minimum Gasteiger partial charge on any atom is -0.394 e. The first-order valence-corrected chi connectivity index (χ1v) is 5.10. The fourth-order valence-electron chi connectivity index (χ4n) is 1.03. The molecule has 90 valence electrons. The van der Waals surface area contributed by atoms with Gasteiger partial charge in [-0.05, 0) is 5.92 Å². The molecule has 0 heterocycles. The topological polar surface area (TPSA) is 101 Å². The Balaban J connectivity index is 4.43. The molecule has 0 rings (SSSR count). The fourth-order valence-corrected chi connectivity index (χ4v) is 1.17. The van der Waals surface area contributed by atoms with Crippen molar-refractivity contribution in [3.8, 4) is 0 Å². The van der Waals surface area contributed by atoms with E-state index >= 15 is 0 Å². The van der Waals surface area contributed by atoms with Gasteiger partial charge in [0.25, 0.3) is 0 Å². The SMILES string of the molecule is CC(C)C(=S)[C@H](O)[C@@H](O)[C@H](O)[C@H](O)CO. The molecule has 5 N–H and O–H groups in total. The van der Waals surface area contributed by atoms with Crippen molar-refractivity contribution >= 4 is 17.1 Å². The summed E-state index contributed by atoms with van der Waals surface area (Å²) < 4.78 is 0. The van der Waals surface area contributed by atoms with Gasteiger partial charge >= 0.3 is 0 Å². The van der Waals surface area contributed by atoms with Crippen LogP contribution in [0.5, 0.6) is 0 Å². The molecule has 0 aliphatic carbocycles. The molecule has 0 aromatic rings.